The lowest BCUT2D eigenvalue weighted by Crippen LogP contribution is -2.36. The van der Waals surface area contributed by atoms with Gasteiger partial charge in [-0.15, -0.1) is 11.8 Å². The average Bonchev–Trinajstić information content (AvgIpc) is 2.62. The highest BCUT2D eigenvalue weighted by Gasteiger charge is 2.21. The molecule has 1 N–H and O–H groups in total. The Morgan fingerprint density at radius 1 is 1.00 bits per heavy atom. The van der Waals surface area contributed by atoms with Gasteiger partial charge < -0.3 is 10.2 Å². The van der Waals surface area contributed by atoms with E-state index in [9.17, 15) is 9.59 Å². The Hall–Kier alpha value is -2.27. The molecule has 0 saturated heterocycles. The van der Waals surface area contributed by atoms with E-state index in [4.69, 9.17) is 0 Å². The summed E-state index contributed by atoms with van der Waals surface area (Å²) in [5.41, 5.74) is 3.02. The van der Waals surface area contributed by atoms with E-state index in [1.165, 1.54) is 17.3 Å². The molecular formula is C19H20N2O2S. The summed E-state index contributed by atoms with van der Waals surface area (Å²) in [5, 5.41) is 2.83. The molecule has 1 aliphatic rings. The number of thioether (sulfide) groups is 1. The van der Waals surface area contributed by atoms with Crippen molar-refractivity contribution in [1.82, 2.24) is 0 Å². The SMILES string of the molecule is O=C(CSCC(=O)N1CCCc2ccccc21)Nc1ccccc1. The first-order valence-corrected chi connectivity index (χ1v) is 9.20. The summed E-state index contributed by atoms with van der Waals surface area (Å²) in [4.78, 5) is 26.2. The minimum Gasteiger partial charge on any atom is -0.325 e. The van der Waals surface area contributed by atoms with Gasteiger partial charge in [0.05, 0.1) is 11.5 Å². The van der Waals surface area contributed by atoms with Gasteiger partial charge in [0.1, 0.15) is 0 Å². The third kappa shape index (κ3) is 4.17. The zero-order chi connectivity index (χ0) is 16.8. The Bertz CT molecular complexity index is 718. The highest BCUT2D eigenvalue weighted by Crippen LogP contribution is 2.27. The molecule has 0 fully saturated rings. The number of hydrogen-bond donors (Lipinski definition) is 1. The number of aryl methyl sites for hydroxylation is 1. The van der Waals surface area contributed by atoms with Crippen LogP contribution in [0.4, 0.5) is 11.4 Å². The number of fused-ring (bicyclic) bond motifs is 1. The van der Waals surface area contributed by atoms with Gasteiger partial charge in [-0.1, -0.05) is 36.4 Å². The summed E-state index contributed by atoms with van der Waals surface area (Å²) in [7, 11) is 0. The molecule has 0 bridgehead atoms. The molecule has 0 aromatic heterocycles. The van der Waals surface area contributed by atoms with Gasteiger partial charge in [0.25, 0.3) is 0 Å². The zero-order valence-electron chi connectivity index (χ0n) is 13.4. The van der Waals surface area contributed by atoms with E-state index in [0.29, 0.717) is 5.75 Å². The summed E-state index contributed by atoms with van der Waals surface area (Å²) in [6.07, 6.45) is 2.01. The van der Waals surface area contributed by atoms with Crippen LogP contribution in [0.15, 0.2) is 54.6 Å². The molecule has 0 aliphatic carbocycles. The van der Waals surface area contributed by atoms with Crippen LogP contribution in [0.25, 0.3) is 0 Å². The molecule has 2 aromatic rings. The van der Waals surface area contributed by atoms with Gasteiger partial charge in [-0.25, -0.2) is 0 Å². The Labute approximate surface area is 146 Å². The van der Waals surface area contributed by atoms with Crippen LogP contribution in [0, 0.1) is 0 Å². The number of nitrogens with one attached hydrogen (secondary N) is 1. The third-order valence-corrected chi connectivity index (χ3v) is 4.84. The number of hydrogen-bond acceptors (Lipinski definition) is 3. The lowest BCUT2D eigenvalue weighted by molar-refractivity contribution is -0.116. The van der Waals surface area contributed by atoms with E-state index in [2.05, 4.69) is 11.4 Å². The maximum atomic E-state index is 12.5. The average molecular weight is 340 g/mol. The second-order valence-electron chi connectivity index (χ2n) is 5.68. The molecule has 0 atom stereocenters. The molecule has 3 rings (SSSR count). The zero-order valence-corrected chi connectivity index (χ0v) is 14.2. The predicted octanol–water partition coefficient (Wildman–Crippen LogP) is 3.34. The molecule has 0 unspecified atom stereocenters. The van der Waals surface area contributed by atoms with Crippen LogP contribution < -0.4 is 10.2 Å². The topological polar surface area (TPSA) is 49.4 Å². The van der Waals surface area contributed by atoms with Gasteiger partial charge in [0.15, 0.2) is 0 Å². The minimum absolute atomic E-state index is 0.0691. The number of anilines is 2. The largest absolute Gasteiger partial charge is 0.325 e. The van der Waals surface area contributed by atoms with Crippen molar-refractivity contribution >= 4 is 35.0 Å². The van der Waals surface area contributed by atoms with Gasteiger partial charge in [-0.2, -0.15) is 0 Å². The number of rotatable bonds is 5. The Morgan fingerprint density at radius 2 is 1.75 bits per heavy atom. The van der Waals surface area contributed by atoms with Crippen molar-refractivity contribution in [1.29, 1.82) is 0 Å². The third-order valence-electron chi connectivity index (χ3n) is 3.93. The van der Waals surface area contributed by atoms with Crippen molar-refractivity contribution in [2.75, 3.05) is 28.3 Å². The van der Waals surface area contributed by atoms with Crippen LogP contribution in [0.1, 0.15) is 12.0 Å². The van der Waals surface area contributed by atoms with E-state index in [0.717, 1.165) is 30.8 Å². The molecule has 0 saturated carbocycles. The standard InChI is InChI=1S/C19H20N2O2S/c22-18(20-16-9-2-1-3-10-16)13-24-14-19(23)21-12-6-8-15-7-4-5-11-17(15)21/h1-5,7,9-11H,6,8,12-14H2,(H,20,22). The van der Waals surface area contributed by atoms with Gasteiger partial charge in [0.2, 0.25) is 11.8 Å². The highest BCUT2D eigenvalue weighted by molar-refractivity contribution is 8.00. The van der Waals surface area contributed by atoms with Gasteiger partial charge in [0, 0.05) is 17.9 Å². The quantitative estimate of drug-likeness (QED) is 0.908. The van der Waals surface area contributed by atoms with Crippen molar-refractivity contribution < 1.29 is 9.59 Å². The van der Waals surface area contributed by atoms with Crippen LogP contribution in [0.5, 0.6) is 0 Å². The number of carbonyl (C=O) groups excluding carboxylic acids is 2. The van der Waals surface area contributed by atoms with Crippen molar-refractivity contribution in [2.24, 2.45) is 0 Å². The fourth-order valence-electron chi connectivity index (χ4n) is 2.82. The van der Waals surface area contributed by atoms with Crippen LogP contribution in [-0.4, -0.2) is 29.9 Å². The van der Waals surface area contributed by atoms with Crippen LogP contribution in [0.3, 0.4) is 0 Å². The van der Waals surface area contributed by atoms with E-state index in [1.54, 1.807) is 0 Å². The summed E-state index contributed by atoms with van der Waals surface area (Å²) in [6.45, 7) is 0.757. The fraction of sp³-hybridized carbons (Fsp3) is 0.263. The first-order valence-electron chi connectivity index (χ1n) is 8.05. The first kappa shape index (κ1) is 16.6. The van der Waals surface area contributed by atoms with Gasteiger partial charge >= 0.3 is 0 Å². The van der Waals surface area contributed by atoms with Crippen LogP contribution in [0.2, 0.25) is 0 Å². The van der Waals surface area contributed by atoms with Crippen molar-refractivity contribution in [3.63, 3.8) is 0 Å². The second-order valence-corrected chi connectivity index (χ2v) is 6.67. The molecule has 2 aromatic carbocycles. The molecule has 0 spiro atoms. The second kappa shape index (κ2) is 8.02. The van der Waals surface area contributed by atoms with E-state index < -0.39 is 0 Å². The minimum atomic E-state index is -0.0851. The van der Waals surface area contributed by atoms with E-state index >= 15 is 0 Å². The normalized spacial score (nSPS) is 13.2. The summed E-state index contributed by atoms with van der Waals surface area (Å²) < 4.78 is 0. The number of carbonyl (C=O) groups is 2. The highest BCUT2D eigenvalue weighted by atomic mass is 32.2. The van der Waals surface area contributed by atoms with E-state index in [-0.39, 0.29) is 17.6 Å². The summed E-state index contributed by atoms with van der Waals surface area (Å²) >= 11 is 1.35. The molecule has 4 nitrogen and oxygen atoms in total. The fourth-order valence-corrected chi connectivity index (χ4v) is 3.51. The first-order chi connectivity index (χ1) is 11.7. The Balaban J connectivity index is 1.49. The summed E-state index contributed by atoms with van der Waals surface area (Å²) in [5.74, 6) is 0.574. The van der Waals surface area contributed by atoms with Crippen molar-refractivity contribution in [2.45, 2.75) is 12.8 Å². The maximum Gasteiger partial charge on any atom is 0.236 e. The van der Waals surface area contributed by atoms with Crippen molar-refractivity contribution in [3.8, 4) is 0 Å². The molecule has 1 aliphatic heterocycles. The molecular weight excluding hydrogens is 320 g/mol. The molecule has 5 heteroatoms. The molecule has 1 heterocycles. The molecule has 0 radical (unpaired) electrons. The monoisotopic (exact) mass is 340 g/mol. The number of para-hydroxylation sites is 2. The lowest BCUT2D eigenvalue weighted by Gasteiger charge is -2.29. The number of benzene rings is 2. The number of amides is 2. The Kier molecular flexibility index (Phi) is 5.54. The smallest absolute Gasteiger partial charge is 0.236 e. The van der Waals surface area contributed by atoms with Gasteiger partial charge in [-0.05, 0) is 36.6 Å². The van der Waals surface area contributed by atoms with Gasteiger partial charge in [-0.3, -0.25) is 9.59 Å². The predicted molar refractivity (Wildman–Crippen MR) is 99.5 cm³/mol. The molecule has 24 heavy (non-hydrogen) atoms. The molecule has 124 valence electrons. The number of nitrogens with zero attached hydrogens (tertiary/aromatic N) is 1. The Morgan fingerprint density at radius 3 is 2.58 bits per heavy atom. The maximum absolute atomic E-state index is 12.5. The van der Waals surface area contributed by atoms with E-state index in [1.807, 2.05) is 53.4 Å². The van der Waals surface area contributed by atoms with Crippen LogP contribution in [-0.2, 0) is 16.0 Å². The van der Waals surface area contributed by atoms with Crippen LogP contribution >= 0.6 is 11.8 Å². The lowest BCUT2D eigenvalue weighted by atomic mass is 10.0. The molecule has 2 amide bonds. The summed E-state index contributed by atoms with van der Waals surface area (Å²) in [6, 6.07) is 17.4. The van der Waals surface area contributed by atoms with Crippen molar-refractivity contribution in [3.05, 3.63) is 60.2 Å².